The van der Waals surface area contributed by atoms with E-state index in [1.165, 1.54) is 6.07 Å². The SMILES string of the molecule is CN1C(=O)C2(CCC(C)(O[Si](C)(C)C(C)(C)C)CC2)c2c1cnc1ccc(-c3ccc(F)nc3)cc21. The molecule has 0 N–H and O–H groups in total. The number of hydrogen-bond donors (Lipinski definition) is 0. The zero-order valence-electron chi connectivity index (χ0n) is 22.4. The van der Waals surface area contributed by atoms with E-state index < -0.39 is 19.7 Å². The molecule has 0 radical (unpaired) electrons. The van der Waals surface area contributed by atoms with Gasteiger partial charge in [0.25, 0.3) is 0 Å². The highest BCUT2D eigenvalue weighted by molar-refractivity contribution is 6.74. The summed E-state index contributed by atoms with van der Waals surface area (Å²) in [5.74, 6) is -0.353. The average Bonchev–Trinajstić information content (AvgIpc) is 3.02. The van der Waals surface area contributed by atoms with Crippen molar-refractivity contribution >= 4 is 30.8 Å². The zero-order chi connectivity index (χ0) is 26.1. The number of aromatic nitrogens is 2. The maximum atomic E-state index is 13.8. The summed E-state index contributed by atoms with van der Waals surface area (Å²) in [6.07, 6.45) is 6.55. The first-order chi connectivity index (χ1) is 16.8. The smallest absolute Gasteiger partial charge is 0.237 e. The van der Waals surface area contributed by atoms with E-state index in [1.54, 1.807) is 17.2 Å². The van der Waals surface area contributed by atoms with Crippen LogP contribution in [-0.2, 0) is 14.6 Å². The molecule has 0 atom stereocenters. The number of hydrogen-bond acceptors (Lipinski definition) is 4. The Morgan fingerprint density at radius 2 is 1.67 bits per heavy atom. The van der Waals surface area contributed by atoms with Gasteiger partial charge in [-0.3, -0.25) is 9.78 Å². The van der Waals surface area contributed by atoms with Gasteiger partial charge in [-0.25, -0.2) is 4.98 Å². The van der Waals surface area contributed by atoms with E-state index in [0.717, 1.165) is 59.0 Å². The first-order valence-electron chi connectivity index (χ1n) is 12.8. The number of carbonyl (C=O) groups excluding carboxylic acids is 1. The van der Waals surface area contributed by atoms with E-state index >= 15 is 0 Å². The molecule has 5 nitrogen and oxygen atoms in total. The highest BCUT2D eigenvalue weighted by Crippen LogP contribution is 2.55. The third-order valence-corrected chi connectivity index (χ3v) is 13.5. The van der Waals surface area contributed by atoms with Crippen molar-refractivity contribution in [3.63, 3.8) is 0 Å². The summed E-state index contributed by atoms with van der Waals surface area (Å²) in [6.45, 7) is 13.6. The van der Waals surface area contributed by atoms with Crippen LogP contribution in [0.4, 0.5) is 10.1 Å². The van der Waals surface area contributed by atoms with Crippen LogP contribution >= 0.6 is 0 Å². The van der Waals surface area contributed by atoms with Gasteiger partial charge in [0.1, 0.15) is 0 Å². The number of nitrogens with zero attached hydrogens (tertiary/aromatic N) is 3. The van der Waals surface area contributed by atoms with Crippen LogP contribution in [0.1, 0.15) is 58.9 Å². The standard InChI is InChI=1S/C29H36FN3O2Si/c1-27(2,3)36(6,7)35-28(4)12-14-29(15-13-28)25-21-16-19(20-9-11-24(30)32-17-20)8-10-22(21)31-18-23(25)33(5)26(29)34/h8-11,16-18H,12-15H2,1-7H3. The van der Waals surface area contributed by atoms with Crippen LogP contribution in [0.5, 0.6) is 0 Å². The van der Waals surface area contributed by atoms with Crippen molar-refractivity contribution in [3.05, 3.63) is 54.2 Å². The summed E-state index contributed by atoms with van der Waals surface area (Å²) in [4.78, 5) is 24.1. The fraction of sp³-hybridized carbons (Fsp3) is 0.483. The van der Waals surface area contributed by atoms with E-state index in [-0.39, 0.29) is 16.5 Å². The number of likely N-dealkylation sites (N-methyl/N-ethyl adjacent to an activating group) is 1. The number of rotatable bonds is 3. The molecule has 3 aromatic rings. The molecule has 7 heteroatoms. The highest BCUT2D eigenvalue weighted by atomic mass is 28.4. The molecule has 0 saturated heterocycles. The van der Waals surface area contributed by atoms with E-state index in [0.29, 0.717) is 0 Å². The third kappa shape index (κ3) is 3.87. The fourth-order valence-electron chi connectivity index (χ4n) is 5.74. The van der Waals surface area contributed by atoms with Crippen LogP contribution in [0.3, 0.4) is 0 Å². The van der Waals surface area contributed by atoms with E-state index in [1.807, 2.05) is 25.4 Å². The minimum atomic E-state index is -1.95. The molecule has 1 aromatic carbocycles. The van der Waals surface area contributed by atoms with Crippen molar-refractivity contribution in [2.24, 2.45) is 0 Å². The predicted octanol–water partition coefficient (Wildman–Crippen LogP) is 7.00. The average molecular weight is 506 g/mol. The molecule has 5 rings (SSSR count). The van der Waals surface area contributed by atoms with Crippen LogP contribution in [0.15, 0.2) is 42.7 Å². The Morgan fingerprint density at radius 1 is 1.00 bits per heavy atom. The first-order valence-corrected chi connectivity index (χ1v) is 15.7. The van der Waals surface area contributed by atoms with Crippen LogP contribution in [-0.4, -0.2) is 36.8 Å². The Morgan fingerprint density at radius 3 is 2.28 bits per heavy atom. The summed E-state index contributed by atoms with van der Waals surface area (Å²) in [7, 11) is -0.0904. The van der Waals surface area contributed by atoms with Gasteiger partial charge < -0.3 is 9.33 Å². The molecule has 1 fully saturated rings. The summed E-state index contributed by atoms with van der Waals surface area (Å²) < 4.78 is 20.3. The molecule has 0 unspecified atom stereocenters. The zero-order valence-corrected chi connectivity index (χ0v) is 23.4. The largest absolute Gasteiger partial charge is 0.412 e. The first kappa shape index (κ1) is 25.0. The maximum Gasteiger partial charge on any atom is 0.237 e. The normalized spacial score (nSPS) is 24.6. The Balaban J connectivity index is 1.56. The van der Waals surface area contributed by atoms with Gasteiger partial charge in [0.05, 0.1) is 28.4 Å². The van der Waals surface area contributed by atoms with E-state index in [4.69, 9.17) is 4.43 Å². The van der Waals surface area contributed by atoms with E-state index in [2.05, 4.69) is 56.8 Å². The third-order valence-electron chi connectivity index (χ3n) is 8.93. The monoisotopic (exact) mass is 505 g/mol. The number of carbonyl (C=O) groups is 1. The lowest BCUT2D eigenvalue weighted by molar-refractivity contribution is -0.125. The van der Waals surface area contributed by atoms with Crippen molar-refractivity contribution in [2.45, 2.75) is 82.5 Å². The van der Waals surface area contributed by atoms with Crippen LogP contribution in [0, 0.1) is 5.95 Å². The van der Waals surface area contributed by atoms with Gasteiger partial charge in [-0.1, -0.05) is 26.8 Å². The molecular formula is C29H36FN3O2Si. The van der Waals surface area contributed by atoms with Crippen molar-refractivity contribution < 1.29 is 13.6 Å². The number of benzene rings is 1. The second-order valence-electron chi connectivity index (χ2n) is 12.4. The Bertz CT molecular complexity index is 1340. The minimum absolute atomic E-state index is 0.134. The minimum Gasteiger partial charge on any atom is -0.412 e. The van der Waals surface area contributed by atoms with Crippen LogP contribution < -0.4 is 4.90 Å². The van der Waals surface area contributed by atoms with Gasteiger partial charge in [0.15, 0.2) is 8.32 Å². The maximum absolute atomic E-state index is 13.8. The van der Waals surface area contributed by atoms with Crippen molar-refractivity contribution in [1.29, 1.82) is 0 Å². The van der Waals surface area contributed by atoms with E-state index in [9.17, 15) is 9.18 Å². The van der Waals surface area contributed by atoms with Gasteiger partial charge in [-0.15, -0.1) is 0 Å². The summed E-state index contributed by atoms with van der Waals surface area (Å²) in [5.41, 5.74) is 3.78. The summed E-state index contributed by atoms with van der Waals surface area (Å²) >= 11 is 0. The van der Waals surface area contributed by atoms with Crippen LogP contribution in [0.25, 0.3) is 22.0 Å². The van der Waals surface area contributed by atoms with Crippen molar-refractivity contribution in [1.82, 2.24) is 9.97 Å². The predicted molar refractivity (Wildman–Crippen MR) is 145 cm³/mol. The number of halogens is 1. The molecule has 1 saturated carbocycles. The van der Waals surface area contributed by atoms with Gasteiger partial charge in [0.2, 0.25) is 11.9 Å². The molecule has 2 aromatic heterocycles. The summed E-state index contributed by atoms with van der Waals surface area (Å²) in [6, 6.07) is 9.16. The Hall–Kier alpha value is -2.64. The number of pyridine rings is 2. The van der Waals surface area contributed by atoms with Crippen LogP contribution in [0.2, 0.25) is 18.1 Å². The topological polar surface area (TPSA) is 55.3 Å². The molecular weight excluding hydrogens is 469 g/mol. The molecule has 36 heavy (non-hydrogen) atoms. The summed E-state index contributed by atoms with van der Waals surface area (Å²) in [5, 5.41) is 1.12. The molecule has 190 valence electrons. The lowest BCUT2D eigenvalue weighted by Crippen LogP contribution is -2.52. The molecule has 1 aliphatic carbocycles. The highest BCUT2D eigenvalue weighted by Gasteiger charge is 2.55. The lowest BCUT2D eigenvalue weighted by atomic mass is 9.65. The van der Waals surface area contributed by atoms with Gasteiger partial charge >= 0.3 is 0 Å². The van der Waals surface area contributed by atoms with Gasteiger partial charge in [-0.05, 0) is 80.6 Å². The van der Waals surface area contributed by atoms with Crippen molar-refractivity contribution in [3.8, 4) is 11.1 Å². The van der Waals surface area contributed by atoms with Gasteiger partial charge in [0, 0.05) is 29.8 Å². The number of amides is 1. The molecule has 3 heterocycles. The molecule has 1 amide bonds. The second kappa shape index (κ2) is 8.18. The number of anilines is 1. The quantitative estimate of drug-likeness (QED) is 0.284. The molecule has 1 spiro atoms. The Kier molecular flexibility index (Phi) is 5.69. The van der Waals surface area contributed by atoms with Gasteiger partial charge in [-0.2, -0.15) is 4.39 Å². The lowest BCUT2D eigenvalue weighted by Gasteiger charge is -2.49. The molecule has 1 aliphatic heterocycles. The van der Waals surface area contributed by atoms with Crippen molar-refractivity contribution in [2.75, 3.05) is 11.9 Å². The molecule has 0 bridgehead atoms. The Labute approximate surface area is 214 Å². The second-order valence-corrected chi connectivity index (χ2v) is 17.1. The molecule has 2 aliphatic rings. The fourth-order valence-corrected chi connectivity index (χ4v) is 7.49. The number of fused-ring (bicyclic) bond motifs is 4.